The SMILES string of the molecule is CN(CC1CCCCN1)c1ncc(I)cn1. The highest BCUT2D eigenvalue weighted by Gasteiger charge is 2.15. The second-order valence-corrected chi connectivity index (χ2v) is 5.47. The van der Waals surface area contributed by atoms with Gasteiger partial charge in [0, 0.05) is 35.6 Å². The van der Waals surface area contributed by atoms with Gasteiger partial charge in [-0.15, -0.1) is 0 Å². The van der Waals surface area contributed by atoms with Gasteiger partial charge in [0.25, 0.3) is 0 Å². The molecular formula is C11H17IN4. The molecule has 1 unspecified atom stereocenters. The molecule has 4 nitrogen and oxygen atoms in total. The number of aromatic nitrogens is 2. The van der Waals surface area contributed by atoms with E-state index in [2.05, 4.69) is 49.8 Å². The van der Waals surface area contributed by atoms with Gasteiger partial charge in [-0.3, -0.25) is 0 Å². The molecule has 1 saturated heterocycles. The van der Waals surface area contributed by atoms with Gasteiger partial charge in [0.05, 0.1) is 0 Å². The van der Waals surface area contributed by atoms with E-state index in [1.165, 1.54) is 19.3 Å². The monoisotopic (exact) mass is 332 g/mol. The van der Waals surface area contributed by atoms with E-state index in [0.717, 1.165) is 22.6 Å². The van der Waals surface area contributed by atoms with Crippen LogP contribution >= 0.6 is 22.6 Å². The highest BCUT2D eigenvalue weighted by atomic mass is 127. The number of likely N-dealkylation sites (N-methyl/N-ethyl adjacent to an activating group) is 1. The molecule has 0 bridgehead atoms. The molecule has 1 atom stereocenters. The van der Waals surface area contributed by atoms with Crippen LogP contribution in [0, 0.1) is 3.57 Å². The van der Waals surface area contributed by atoms with E-state index in [0.29, 0.717) is 6.04 Å². The smallest absolute Gasteiger partial charge is 0.225 e. The fourth-order valence-corrected chi connectivity index (χ4v) is 2.27. The van der Waals surface area contributed by atoms with Gasteiger partial charge in [0.1, 0.15) is 0 Å². The first-order chi connectivity index (χ1) is 7.75. The van der Waals surface area contributed by atoms with Crippen molar-refractivity contribution in [2.75, 3.05) is 25.0 Å². The Hall–Kier alpha value is -0.430. The Morgan fingerprint density at radius 1 is 1.44 bits per heavy atom. The molecule has 0 aromatic carbocycles. The Morgan fingerprint density at radius 2 is 2.19 bits per heavy atom. The molecule has 0 radical (unpaired) electrons. The number of piperidine rings is 1. The largest absolute Gasteiger partial charge is 0.342 e. The standard InChI is InChI=1S/C11H17IN4/c1-16(8-10-4-2-3-5-13-10)11-14-6-9(12)7-15-11/h6-7,10,13H,2-5,8H2,1H3. The van der Waals surface area contributed by atoms with Gasteiger partial charge < -0.3 is 10.2 Å². The first-order valence-electron chi connectivity index (χ1n) is 5.68. The fraction of sp³-hybridized carbons (Fsp3) is 0.636. The molecular weight excluding hydrogens is 315 g/mol. The van der Waals surface area contributed by atoms with Crippen LogP contribution in [-0.2, 0) is 0 Å². The van der Waals surface area contributed by atoms with Crippen LogP contribution in [0.5, 0.6) is 0 Å². The maximum absolute atomic E-state index is 4.32. The average Bonchev–Trinajstić information content (AvgIpc) is 2.31. The van der Waals surface area contributed by atoms with Crippen molar-refractivity contribution in [3.63, 3.8) is 0 Å². The van der Waals surface area contributed by atoms with Crippen molar-refractivity contribution < 1.29 is 0 Å². The lowest BCUT2D eigenvalue weighted by Gasteiger charge is -2.28. The van der Waals surface area contributed by atoms with Crippen molar-refractivity contribution in [3.8, 4) is 0 Å². The van der Waals surface area contributed by atoms with E-state index >= 15 is 0 Å². The quantitative estimate of drug-likeness (QED) is 0.855. The van der Waals surface area contributed by atoms with Gasteiger partial charge in [0.15, 0.2) is 0 Å². The number of anilines is 1. The fourth-order valence-electron chi connectivity index (χ4n) is 1.99. The van der Waals surface area contributed by atoms with Gasteiger partial charge in [-0.25, -0.2) is 9.97 Å². The predicted octanol–water partition coefficient (Wildman–Crippen LogP) is 1.66. The maximum Gasteiger partial charge on any atom is 0.225 e. The first-order valence-corrected chi connectivity index (χ1v) is 6.75. The Labute approximate surface area is 110 Å². The molecule has 0 spiro atoms. The summed E-state index contributed by atoms with van der Waals surface area (Å²) in [5, 5.41) is 3.53. The summed E-state index contributed by atoms with van der Waals surface area (Å²) in [4.78, 5) is 10.8. The van der Waals surface area contributed by atoms with Crippen LogP contribution in [0.15, 0.2) is 12.4 Å². The molecule has 0 saturated carbocycles. The highest BCUT2D eigenvalue weighted by molar-refractivity contribution is 14.1. The van der Waals surface area contributed by atoms with Gasteiger partial charge in [0.2, 0.25) is 5.95 Å². The molecule has 88 valence electrons. The maximum atomic E-state index is 4.32. The zero-order valence-corrected chi connectivity index (χ0v) is 11.6. The number of nitrogens with zero attached hydrogens (tertiary/aromatic N) is 3. The van der Waals surface area contributed by atoms with Crippen LogP contribution in [0.25, 0.3) is 0 Å². The Kier molecular flexibility index (Phi) is 4.34. The summed E-state index contributed by atoms with van der Waals surface area (Å²) in [6.07, 6.45) is 7.61. The number of hydrogen-bond donors (Lipinski definition) is 1. The minimum atomic E-state index is 0.585. The summed E-state index contributed by atoms with van der Waals surface area (Å²) in [7, 11) is 2.05. The van der Waals surface area contributed by atoms with Crippen LogP contribution < -0.4 is 10.2 Å². The summed E-state index contributed by atoms with van der Waals surface area (Å²) in [6, 6.07) is 0.585. The van der Waals surface area contributed by atoms with Crippen molar-refractivity contribution in [1.29, 1.82) is 0 Å². The number of rotatable bonds is 3. The van der Waals surface area contributed by atoms with E-state index in [1.807, 2.05) is 12.4 Å². The van der Waals surface area contributed by atoms with Crippen molar-refractivity contribution in [1.82, 2.24) is 15.3 Å². The summed E-state index contributed by atoms with van der Waals surface area (Å²) < 4.78 is 1.07. The summed E-state index contributed by atoms with van der Waals surface area (Å²) in [6.45, 7) is 2.13. The lowest BCUT2D eigenvalue weighted by atomic mass is 10.0. The normalized spacial score (nSPS) is 20.8. The second kappa shape index (κ2) is 5.77. The molecule has 1 N–H and O–H groups in total. The van der Waals surface area contributed by atoms with E-state index in [-0.39, 0.29) is 0 Å². The highest BCUT2D eigenvalue weighted by Crippen LogP contribution is 2.11. The minimum absolute atomic E-state index is 0.585. The molecule has 5 heteroatoms. The van der Waals surface area contributed by atoms with Crippen molar-refractivity contribution in [2.45, 2.75) is 25.3 Å². The molecule has 1 aromatic heterocycles. The van der Waals surface area contributed by atoms with Gasteiger partial charge in [-0.05, 0) is 42.0 Å². The Balaban J connectivity index is 1.91. The number of hydrogen-bond acceptors (Lipinski definition) is 4. The first kappa shape index (κ1) is 12.0. The predicted molar refractivity (Wildman–Crippen MR) is 73.7 cm³/mol. The third-order valence-electron chi connectivity index (χ3n) is 2.85. The zero-order chi connectivity index (χ0) is 11.4. The number of nitrogens with one attached hydrogen (secondary N) is 1. The van der Waals surface area contributed by atoms with Gasteiger partial charge in [-0.1, -0.05) is 6.42 Å². The van der Waals surface area contributed by atoms with Gasteiger partial charge in [-0.2, -0.15) is 0 Å². The zero-order valence-electron chi connectivity index (χ0n) is 9.49. The van der Waals surface area contributed by atoms with Crippen molar-refractivity contribution in [2.24, 2.45) is 0 Å². The van der Waals surface area contributed by atoms with E-state index in [1.54, 1.807) is 0 Å². The average molecular weight is 332 g/mol. The molecule has 2 rings (SSSR count). The molecule has 0 amide bonds. The third-order valence-corrected chi connectivity index (χ3v) is 3.41. The van der Waals surface area contributed by atoms with Crippen LogP contribution in [0.1, 0.15) is 19.3 Å². The summed E-state index contributed by atoms with van der Waals surface area (Å²) >= 11 is 2.22. The van der Waals surface area contributed by atoms with Crippen LogP contribution in [-0.4, -0.2) is 36.1 Å². The van der Waals surface area contributed by atoms with Crippen LogP contribution in [0.2, 0.25) is 0 Å². The molecule has 2 heterocycles. The van der Waals surface area contributed by atoms with E-state index in [9.17, 15) is 0 Å². The Bertz CT molecular complexity index is 321. The topological polar surface area (TPSA) is 41.0 Å². The van der Waals surface area contributed by atoms with Crippen LogP contribution in [0.4, 0.5) is 5.95 Å². The van der Waals surface area contributed by atoms with E-state index < -0.39 is 0 Å². The number of halogens is 1. The second-order valence-electron chi connectivity index (χ2n) is 4.23. The third kappa shape index (κ3) is 3.28. The van der Waals surface area contributed by atoms with Crippen molar-refractivity contribution >= 4 is 28.5 Å². The molecule has 1 fully saturated rings. The molecule has 1 aromatic rings. The van der Waals surface area contributed by atoms with Crippen molar-refractivity contribution in [3.05, 3.63) is 16.0 Å². The summed E-state index contributed by atoms with van der Waals surface area (Å²) in [5.41, 5.74) is 0. The lowest BCUT2D eigenvalue weighted by molar-refractivity contribution is 0.402. The summed E-state index contributed by atoms with van der Waals surface area (Å²) in [5.74, 6) is 0.813. The molecule has 16 heavy (non-hydrogen) atoms. The van der Waals surface area contributed by atoms with Gasteiger partial charge >= 0.3 is 0 Å². The molecule has 1 aliphatic heterocycles. The lowest BCUT2D eigenvalue weighted by Crippen LogP contribution is -2.42. The van der Waals surface area contributed by atoms with E-state index in [4.69, 9.17) is 0 Å². The van der Waals surface area contributed by atoms with Crippen LogP contribution in [0.3, 0.4) is 0 Å². The Morgan fingerprint density at radius 3 is 2.81 bits per heavy atom. The minimum Gasteiger partial charge on any atom is -0.342 e. The molecule has 1 aliphatic rings. The molecule has 0 aliphatic carbocycles.